The van der Waals surface area contributed by atoms with Gasteiger partial charge in [0.15, 0.2) is 5.78 Å². The minimum absolute atomic E-state index is 0.0679. The van der Waals surface area contributed by atoms with Gasteiger partial charge in [-0.05, 0) is 24.5 Å². The standard InChI is InChI=1S/C15H23NO2/c1-10(17)11-8-12(15(2,3)4)14(18-7)13(9-11)16(5)6/h8-9H,1-7H3. The molecule has 0 N–H and O–H groups in total. The van der Waals surface area contributed by atoms with Crippen molar-refractivity contribution in [3.05, 3.63) is 23.3 Å². The molecule has 18 heavy (non-hydrogen) atoms. The first-order valence-electron chi connectivity index (χ1n) is 6.09. The zero-order valence-electron chi connectivity index (χ0n) is 12.4. The van der Waals surface area contributed by atoms with E-state index in [-0.39, 0.29) is 11.2 Å². The highest BCUT2D eigenvalue weighted by Gasteiger charge is 2.23. The third-order valence-electron chi connectivity index (χ3n) is 2.97. The zero-order chi connectivity index (χ0) is 14.1. The monoisotopic (exact) mass is 249 g/mol. The van der Waals surface area contributed by atoms with Gasteiger partial charge < -0.3 is 9.64 Å². The van der Waals surface area contributed by atoms with E-state index >= 15 is 0 Å². The Kier molecular flexibility index (Phi) is 4.05. The van der Waals surface area contributed by atoms with Gasteiger partial charge in [-0.1, -0.05) is 20.8 Å². The van der Waals surface area contributed by atoms with Gasteiger partial charge >= 0.3 is 0 Å². The van der Waals surface area contributed by atoms with Crippen LogP contribution in [0.2, 0.25) is 0 Å². The van der Waals surface area contributed by atoms with Crippen molar-refractivity contribution in [3.63, 3.8) is 0 Å². The molecule has 1 aromatic carbocycles. The van der Waals surface area contributed by atoms with Crippen LogP contribution in [0.5, 0.6) is 5.75 Å². The van der Waals surface area contributed by atoms with Crippen LogP contribution in [0.4, 0.5) is 5.69 Å². The number of carbonyl (C=O) groups excluding carboxylic acids is 1. The summed E-state index contributed by atoms with van der Waals surface area (Å²) in [6, 6.07) is 3.82. The molecule has 1 rings (SSSR count). The molecule has 100 valence electrons. The number of anilines is 1. The summed E-state index contributed by atoms with van der Waals surface area (Å²) in [4.78, 5) is 13.6. The Labute approximate surface area is 110 Å². The van der Waals surface area contributed by atoms with E-state index in [0.29, 0.717) is 0 Å². The van der Waals surface area contributed by atoms with Gasteiger partial charge in [0.05, 0.1) is 12.8 Å². The van der Waals surface area contributed by atoms with Crippen molar-refractivity contribution in [2.75, 3.05) is 26.1 Å². The number of ether oxygens (including phenoxy) is 1. The van der Waals surface area contributed by atoms with Gasteiger partial charge in [0, 0.05) is 25.2 Å². The topological polar surface area (TPSA) is 29.5 Å². The molecular formula is C15H23NO2. The molecule has 1 aromatic rings. The Morgan fingerprint density at radius 1 is 1.22 bits per heavy atom. The summed E-state index contributed by atoms with van der Waals surface area (Å²) in [5.74, 6) is 0.920. The average molecular weight is 249 g/mol. The summed E-state index contributed by atoms with van der Waals surface area (Å²) >= 11 is 0. The molecule has 3 nitrogen and oxygen atoms in total. The van der Waals surface area contributed by atoms with Crippen LogP contribution in [-0.4, -0.2) is 27.0 Å². The SMILES string of the molecule is COc1c(N(C)C)cc(C(C)=O)cc1C(C)(C)C. The molecule has 0 atom stereocenters. The molecule has 0 unspecified atom stereocenters. The van der Waals surface area contributed by atoms with Gasteiger partial charge in [-0.2, -0.15) is 0 Å². The van der Waals surface area contributed by atoms with Crippen molar-refractivity contribution < 1.29 is 9.53 Å². The number of ketones is 1. The molecule has 3 heteroatoms. The van der Waals surface area contributed by atoms with Gasteiger partial charge in [0.1, 0.15) is 5.75 Å². The quantitative estimate of drug-likeness (QED) is 0.770. The van der Waals surface area contributed by atoms with Gasteiger partial charge in [0.2, 0.25) is 0 Å². The Morgan fingerprint density at radius 3 is 2.11 bits per heavy atom. The minimum atomic E-state index is -0.0679. The van der Waals surface area contributed by atoms with E-state index < -0.39 is 0 Å². The molecule has 0 aliphatic carbocycles. The molecule has 0 amide bonds. The predicted molar refractivity (Wildman–Crippen MR) is 76.0 cm³/mol. The van der Waals surface area contributed by atoms with Crippen molar-refractivity contribution >= 4 is 11.5 Å². The summed E-state index contributed by atoms with van der Waals surface area (Å²) in [5, 5.41) is 0. The van der Waals surface area contributed by atoms with Crippen LogP contribution in [0.25, 0.3) is 0 Å². The summed E-state index contributed by atoms with van der Waals surface area (Å²) < 4.78 is 5.55. The first kappa shape index (κ1) is 14.6. The van der Waals surface area contributed by atoms with E-state index in [0.717, 1.165) is 22.6 Å². The van der Waals surface area contributed by atoms with Crippen molar-refractivity contribution in [2.45, 2.75) is 33.1 Å². The smallest absolute Gasteiger partial charge is 0.159 e. The zero-order valence-corrected chi connectivity index (χ0v) is 12.4. The second kappa shape index (κ2) is 5.01. The fraction of sp³-hybridized carbons (Fsp3) is 0.533. The highest BCUT2D eigenvalue weighted by Crippen LogP contribution is 2.39. The van der Waals surface area contributed by atoms with Crippen molar-refractivity contribution in [2.24, 2.45) is 0 Å². The Balaban J connectivity index is 3.62. The van der Waals surface area contributed by atoms with Crippen molar-refractivity contribution in [1.82, 2.24) is 0 Å². The third-order valence-corrected chi connectivity index (χ3v) is 2.97. The molecule has 0 aliphatic heterocycles. The lowest BCUT2D eigenvalue weighted by molar-refractivity contribution is 0.101. The maximum atomic E-state index is 11.6. The minimum Gasteiger partial charge on any atom is -0.494 e. The number of Topliss-reactive ketones (excluding diaryl/α,β-unsaturated/α-hetero) is 1. The largest absolute Gasteiger partial charge is 0.494 e. The molecule has 0 fully saturated rings. The number of methoxy groups -OCH3 is 1. The number of benzene rings is 1. The van der Waals surface area contributed by atoms with Crippen LogP contribution in [0.3, 0.4) is 0 Å². The Hall–Kier alpha value is -1.51. The molecule has 0 heterocycles. The molecule has 0 aromatic heterocycles. The lowest BCUT2D eigenvalue weighted by atomic mass is 9.84. The number of hydrogen-bond acceptors (Lipinski definition) is 3. The lowest BCUT2D eigenvalue weighted by Crippen LogP contribution is -2.18. The Morgan fingerprint density at radius 2 is 1.78 bits per heavy atom. The fourth-order valence-electron chi connectivity index (χ4n) is 1.92. The maximum Gasteiger partial charge on any atom is 0.159 e. The first-order valence-corrected chi connectivity index (χ1v) is 6.09. The molecule has 0 saturated heterocycles. The average Bonchev–Trinajstić information content (AvgIpc) is 2.25. The van der Waals surface area contributed by atoms with E-state index in [1.807, 2.05) is 31.1 Å². The summed E-state index contributed by atoms with van der Waals surface area (Å²) in [6.45, 7) is 7.95. The summed E-state index contributed by atoms with van der Waals surface area (Å²) in [7, 11) is 5.58. The van der Waals surface area contributed by atoms with Gasteiger partial charge in [-0.25, -0.2) is 0 Å². The van der Waals surface area contributed by atoms with Crippen molar-refractivity contribution in [3.8, 4) is 5.75 Å². The summed E-state index contributed by atoms with van der Waals surface area (Å²) in [6.07, 6.45) is 0. The fourth-order valence-corrected chi connectivity index (χ4v) is 1.92. The van der Waals surface area contributed by atoms with Crippen LogP contribution in [0, 0.1) is 0 Å². The number of hydrogen-bond donors (Lipinski definition) is 0. The van der Waals surface area contributed by atoms with E-state index in [9.17, 15) is 4.79 Å². The predicted octanol–water partition coefficient (Wildman–Crippen LogP) is 3.26. The third kappa shape index (κ3) is 2.84. The second-order valence-electron chi connectivity index (χ2n) is 5.78. The number of carbonyl (C=O) groups is 1. The van der Waals surface area contributed by atoms with Gasteiger partial charge in [-0.3, -0.25) is 4.79 Å². The number of rotatable bonds is 3. The van der Waals surface area contributed by atoms with Crippen LogP contribution >= 0.6 is 0 Å². The summed E-state index contributed by atoms with van der Waals surface area (Å²) in [5.41, 5.74) is 2.66. The second-order valence-corrected chi connectivity index (χ2v) is 5.78. The van der Waals surface area contributed by atoms with Gasteiger partial charge in [-0.15, -0.1) is 0 Å². The van der Waals surface area contributed by atoms with Crippen LogP contribution < -0.4 is 9.64 Å². The van der Waals surface area contributed by atoms with Crippen LogP contribution in [0.15, 0.2) is 12.1 Å². The highest BCUT2D eigenvalue weighted by atomic mass is 16.5. The van der Waals surface area contributed by atoms with Crippen LogP contribution in [0.1, 0.15) is 43.6 Å². The normalized spacial score (nSPS) is 11.3. The van der Waals surface area contributed by atoms with Crippen molar-refractivity contribution in [1.29, 1.82) is 0 Å². The molecular weight excluding hydrogens is 226 g/mol. The maximum absolute atomic E-state index is 11.6. The molecule has 0 saturated carbocycles. The molecule has 0 radical (unpaired) electrons. The van der Waals surface area contributed by atoms with E-state index in [2.05, 4.69) is 20.8 Å². The molecule has 0 aliphatic rings. The van der Waals surface area contributed by atoms with E-state index in [1.54, 1.807) is 14.0 Å². The lowest BCUT2D eigenvalue weighted by Gasteiger charge is -2.27. The van der Waals surface area contributed by atoms with Crippen LogP contribution in [-0.2, 0) is 5.41 Å². The first-order chi connectivity index (χ1) is 8.18. The highest BCUT2D eigenvalue weighted by molar-refractivity contribution is 5.96. The van der Waals surface area contributed by atoms with E-state index in [1.165, 1.54) is 0 Å². The molecule has 0 spiro atoms. The van der Waals surface area contributed by atoms with E-state index in [4.69, 9.17) is 4.74 Å². The number of nitrogens with zero attached hydrogens (tertiary/aromatic N) is 1. The van der Waals surface area contributed by atoms with Gasteiger partial charge in [0.25, 0.3) is 0 Å². The molecule has 0 bridgehead atoms. The Bertz CT molecular complexity index is 456.